The SMILES string of the molecule is Nc1ccc2c(n1)CNCCC2. The molecule has 12 heavy (non-hydrogen) atoms. The van der Waals surface area contributed by atoms with Crippen LogP contribution in [-0.4, -0.2) is 11.5 Å². The van der Waals surface area contributed by atoms with E-state index in [1.807, 2.05) is 6.07 Å². The van der Waals surface area contributed by atoms with E-state index in [1.165, 1.54) is 12.0 Å². The molecule has 1 aliphatic rings. The molecule has 0 aliphatic carbocycles. The first-order chi connectivity index (χ1) is 5.86. The van der Waals surface area contributed by atoms with Crippen molar-refractivity contribution in [2.24, 2.45) is 0 Å². The van der Waals surface area contributed by atoms with Gasteiger partial charge in [0.25, 0.3) is 0 Å². The lowest BCUT2D eigenvalue weighted by atomic mass is 10.1. The number of nitrogen functional groups attached to an aromatic ring is 1. The molecule has 0 spiro atoms. The Kier molecular flexibility index (Phi) is 1.96. The highest BCUT2D eigenvalue weighted by Crippen LogP contribution is 2.13. The molecule has 0 bridgehead atoms. The predicted molar refractivity (Wildman–Crippen MR) is 48.7 cm³/mol. The van der Waals surface area contributed by atoms with Crippen molar-refractivity contribution in [3.8, 4) is 0 Å². The Bertz CT molecular complexity index is 283. The summed E-state index contributed by atoms with van der Waals surface area (Å²) in [6.07, 6.45) is 2.31. The zero-order valence-corrected chi connectivity index (χ0v) is 7.01. The smallest absolute Gasteiger partial charge is 0.123 e. The van der Waals surface area contributed by atoms with Crippen LogP contribution in [0.3, 0.4) is 0 Å². The van der Waals surface area contributed by atoms with Gasteiger partial charge in [-0.2, -0.15) is 0 Å². The van der Waals surface area contributed by atoms with Crippen molar-refractivity contribution in [2.45, 2.75) is 19.4 Å². The van der Waals surface area contributed by atoms with Gasteiger partial charge in [0.1, 0.15) is 5.82 Å². The minimum Gasteiger partial charge on any atom is -0.384 e. The third-order valence-corrected chi connectivity index (χ3v) is 2.18. The second-order valence-electron chi connectivity index (χ2n) is 3.12. The molecule has 0 radical (unpaired) electrons. The van der Waals surface area contributed by atoms with Crippen LogP contribution in [0.4, 0.5) is 5.82 Å². The van der Waals surface area contributed by atoms with E-state index >= 15 is 0 Å². The maximum absolute atomic E-state index is 5.59. The highest BCUT2D eigenvalue weighted by molar-refractivity contribution is 5.34. The second kappa shape index (κ2) is 3.11. The summed E-state index contributed by atoms with van der Waals surface area (Å²) in [6, 6.07) is 3.97. The average molecular weight is 163 g/mol. The van der Waals surface area contributed by atoms with Gasteiger partial charge in [-0.25, -0.2) is 4.98 Å². The van der Waals surface area contributed by atoms with E-state index in [2.05, 4.69) is 16.4 Å². The standard InChI is InChI=1S/C9H13N3/c10-9-4-3-7-2-1-5-11-6-8(7)12-9/h3-4,11H,1-2,5-6H2,(H2,10,12). The number of hydrogen-bond acceptors (Lipinski definition) is 3. The van der Waals surface area contributed by atoms with Gasteiger partial charge in [0.2, 0.25) is 0 Å². The lowest BCUT2D eigenvalue weighted by Gasteiger charge is -2.04. The summed E-state index contributed by atoms with van der Waals surface area (Å²) in [6.45, 7) is 1.94. The molecule has 2 rings (SSSR count). The van der Waals surface area contributed by atoms with E-state index in [1.54, 1.807) is 0 Å². The van der Waals surface area contributed by atoms with Crippen LogP contribution in [0.1, 0.15) is 17.7 Å². The number of pyridine rings is 1. The summed E-state index contributed by atoms with van der Waals surface area (Å²) < 4.78 is 0. The Morgan fingerprint density at radius 2 is 2.33 bits per heavy atom. The van der Waals surface area contributed by atoms with Gasteiger partial charge in [-0.1, -0.05) is 6.07 Å². The molecule has 3 heteroatoms. The highest BCUT2D eigenvalue weighted by Gasteiger charge is 2.07. The Hall–Kier alpha value is -1.09. The number of nitrogens with one attached hydrogen (secondary N) is 1. The number of fused-ring (bicyclic) bond motifs is 1. The van der Waals surface area contributed by atoms with Crippen LogP contribution >= 0.6 is 0 Å². The molecule has 0 amide bonds. The molecule has 0 aromatic carbocycles. The van der Waals surface area contributed by atoms with Crippen molar-refractivity contribution in [3.63, 3.8) is 0 Å². The van der Waals surface area contributed by atoms with Crippen molar-refractivity contribution < 1.29 is 0 Å². The molecular weight excluding hydrogens is 150 g/mol. The van der Waals surface area contributed by atoms with Gasteiger partial charge in [-0.15, -0.1) is 0 Å². The van der Waals surface area contributed by atoms with Crippen molar-refractivity contribution in [1.29, 1.82) is 0 Å². The third-order valence-electron chi connectivity index (χ3n) is 2.18. The molecule has 1 aromatic heterocycles. The van der Waals surface area contributed by atoms with Crippen LogP contribution in [-0.2, 0) is 13.0 Å². The summed E-state index contributed by atoms with van der Waals surface area (Å²) in [7, 11) is 0. The molecule has 3 nitrogen and oxygen atoms in total. The Morgan fingerprint density at radius 3 is 3.25 bits per heavy atom. The van der Waals surface area contributed by atoms with Crippen LogP contribution < -0.4 is 11.1 Å². The fourth-order valence-corrected chi connectivity index (χ4v) is 1.54. The summed E-state index contributed by atoms with van der Waals surface area (Å²) in [4.78, 5) is 4.29. The molecule has 64 valence electrons. The van der Waals surface area contributed by atoms with Gasteiger partial charge in [0.15, 0.2) is 0 Å². The first-order valence-corrected chi connectivity index (χ1v) is 4.31. The number of hydrogen-bond donors (Lipinski definition) is 2. The Labute approximate surface area is 72.0 Å². The molecular formula is C9H13N3. The topological polar surface area (TPSA) is 50.9 Å². The lowest BCUT2D eigenvalue weighted by Crippen LogP contribution is -2.13. The fraction of sp³-hybridized carbons (Fsp3) is 0.444. The molecule has 0 unspecified atom stereocenters. The molecule has 1 aromatic rings. The summed E-state index contributed by atoms with van der Waals surface area (Å²) in [5.74, 6) is 0.623. The average Bonchev–Trinajstić information content (AvgIpc) is 2.28. The molecule has 0 saturated carbocycles. The van der Waals surface area contributed by atoms with Crippen molar-refractivity contribution in [1.82, 2.24) is 10.3 Å². The minimum absolute atomic E-state index is 0.623. The Morgan fingerprint density at radius 1 is 1.42 bits per heavy atom. The molecule has 3 N–H and O–H groups in total. The summed E-state index contributed by atoms with van der Waals surface area (Å²) in [5, 5.41) is 3.31. The van der Waals surface area contributed by atoms with Crippen molar-refractivity contribution in [2.75, 3.05) is 12.3 Å². The summed E-state index contributed by atoms with van der Waals surface area (Å²) >= 11 is 0. The number of nitrogens with zero attached hydrogens (tertiary/aromatic N) is 1. The second-order valence-corrected chi connectivity index (χ2v) is 3.12. The van der Waals surface area contributed by atoms with Crippen molar-refractivity contribution in [3.05, 3.63) is 23.4 Å². The molecule has 0 atom stereocenters. The van der Waals surface area contributed by atoms with Crippen LogP contribution in [0.15, 0.2) is 12.1 Å². The zero-order valence-electron chi connectivity index (χ0n) is 7.01. The van der Waals surface area contributed by atoms with E-state index in [0.717, 1.165) is 25.2 Å². The normalized spacial score (nSPS) is 16.7. The van der Waals surface area contributed by atoms with Gasteiger partial charge in [0, 0.05) is 6.54 Å². The lowest BCUT2D eigenvalue weighted by molar-refractivity contribution is 0.675. The Balaban J connectivity index is 2.36. The highest BCUT2D eigenvalue weighted by atomic mass is 14.9. The monoisotopic (exact) mass is 163 g/mol. The maximum atomic E-state index is 5.59. The van der Waals surface area contributed by atoms with Gasteiger partial charge in [-0.3, -0.25) is 0 Å². The van der Waals surface area contributed by atoms with Crippen LogP contribution in [0.25, 0.3) is 0 Å². The number of aromatic nitrogens is 1. The van der Waals surface area contributed by atoms with E-state index in [-0.39, 0.29) is 0 Å². The van der Waals surface area contributed by atoms with Crippen LogP contribution in [0, 0.1) is 0 Å². The molecule has 1 aliphatic heterocycles. The van der Waals surface area contributed by atoms with Gasteiger partial charge in [0.05, 0.1) is 5.69 Å². The van der Waals surface area contributed by atoms with Crippen LogP contribution in [0.5, 0.6) is 0 Å². The predicted octanol–water partition coefficient (Wildman–Crippen LogP) is 0.700. The number of aryl methyl sites for hydroxylation is 1. The molecule has 0 fully saturated rings. The molecule has 0 saturated heterocycles. The first-order valence-electron chi connectivity index (χ1n) is 4.31. The van der Waals surface area contributed by atoms with E-state index in [4.69, 9.17) is 5.73 Å². The van der Waals surface area contributed by atoms with Gasteiger partial charge < -0.3 is 11.1 Å². The van der Waals surface area contributed by atoms with E-state index < -0.39 is 0 Å². The van der Waals surface area contributed by atoms with Gasteiger partial charge in [-0.05, 0) is 31.0 Å². The quantitative estimate of drug-likeness (QED) is 0.592. The zero-order chi connectivity index (χ0) is 8.39. The number of rotatable bonds is 0. The van der Waals surface area contributed by atoms with Crippen molar-refractivity contribution >= 4 is 5.82 Å². The molecule has 2 heterocycles. The van der Waals surface area contributed by atoms with Gasteiger partial charge >= 0.3 is 0 Å². The van der Waals surface area contributed by atoms with E-state index in [9.17, 15) is 0 Å². The number of nitrogens with two attached hydrogens (primary N) is 1. The van der Waals surface area contributed by atoms with Crippen LogP contribution in [0.2, 0.25) is 0 Å². The largest absolute Gasteiger partial charge is 0.384 e. The number of anilines is 1. The third kappa shape index (κ3) is 1.41. The fourth-order valence-electron chi connectivity index (χ4n) is 1.54. The first kappa shape index (κ1) is 7.55. The minimum atomic E-state index is 0.623. The maximum Gasteiger partial charge on any atom is 0.123 e. The summed E-state index contributed by atoms with van der Waals surface area (Å²) in [5.41, 5.74) is 8.05. The van der Waals surface area contributed by atoms with E-state index in [0.29, 0.717) is 5.82 Å².